The number of nitrogen functional groups attached to an aromatic ring is 1. The molecular formula is C13H20N2O. The van der Waals surface area contributed by atoms with E-state index >= 15 is 0 Å². The lowest BCUT2D eigenvalue weighted by Crippen LogP contribution is -2.16. The first-order valence-corrected chi connectivity index (χ1v) is 5.89. The first-order chi connectivity index (χ1) is 7.69. The maximum atomic E-state index is 5.92. The van der Waals surface area contributed by atoms with E-state index in [9.17, 15) is 0 Å². The molecule has 0 saturated heterocycles. The Hall–Kier alpha value is -1.38. The largest absolute Gasteiger partial charge is 0.497 e. The van der Waals surface area contributed by atoms with E-state index in [1.54, 1.807) is 7.11 Å². The molecule has 88 valence electrons. The van der Waals surface area contributed by atoms with Gasteiger partial charge in [-0.1, -0.05) is 12.8 Å². The van der Waals surface area contributed by atoms with Crippen LogP contribution in [0.1, 0.15) is 26.2 Å². The van der Waals surface area contributed by atoms with E-state index in [4.69, 9.17) is 10.5 Å². The van der Waals surface area contributed by atoms with Gasteiger partial charge in [0.25, 0.3) is 0 Å². The van der Waals surface area contributed by atoms with Gasteiger partial charge >= 0.3 is 0 Å². The smallest absolute Gasteiger partial charge is 0.121 e. The predicted octanol–water partition coefficient (Wildman–Crippen LogP) is 2.88. The van der Waals surface area contributed by atoms with Crippen LogP contribution in [0.5, 0.6) is 5.75 Å². The normalized spacial score (nSPS) is 16.9. The Morgan fingerprint density at radius 2 is 2.25 bits per heavy atom. The van der Waals surface area contributed by atoms with E-state index < -0.39 is 0 Å². The number of rotatable bonds is 5. The van der Waals surface area contributed by atoms with Crippen LogP contribution in [0.25, 0.3) is 0 Å². The highest BCUT2D eigenvalue weighted by Gasteiger charge is 2.23. The highest BCUT2D eigenvalue weighted by atomic mass is 16.5. The second kappa shape index (κ2) is 4.64. The first kappa shape index (κ1) is 11.1. The van der Waals surface area contributed by atoms with Crippen molar-refractivity contribution >= 4 is 11.4 Å². The molecular weight excluding hydrogens is 200 g/mol. The number of anilines is 2. The van der Waals surface area contributed by atoms with Crippen molar-refractivity contribution in [3.05, 3.63) is 18.2 Å². The summed E-state index contributed by atoms with van der Waals surface area (Å²) in [4.78, 5) is 0. The number of hydrogen-bond acceptors (Lipinski definition) is 3. The van der Waals surface area contributed by atoms with E-state index in [1.807, 2.05) is 18.2 Å². The number of ether oxygens (including phenoxy) is 1. The zero-order chi connectivity index (χ0) is 11.5. The van der Waals surface area contributed by atoms with E-state index in [0.717, 1.165) is 23.0 Å². The third-order valence-corrected chi connectivity index (χ3v) is 3.05. The molecule has 1 atom stereocenters. The number of nitrogens with two attached hydrogens (primary N) is 1. The molecule has 0 heterocycles. The molecule has 0 aliphatic heterocycles. The van der Waals surface area contributed by atoms with Gasteiger partial charge in [-0.15, -0.1) is 0 Å². The van der Waals surface area contributed by atoms with Gasteiger partial charge < -0.3 is 15.8 Å². The zero-order valence-electron chi connectivity index (χ0n) is 9.99. The van der Waals surface area contributed by atoms with Crippen molar-refractivity contribution in [3.8, 4) is 5.75 Å². The molecule has 0 amide bonds. The average molecular weight is 220 g/mol. The minimum atomic E-state index is 0.474. The Kier molecular flexibility index (Phi) is 3.22. The Morgan fingerprint density at radius 3 is 2.88 bits per heavy atom. The van der Waals surface area contributed by atoms with Crippen LogP contribution in [-0.4, -0.2) is 13.2 Å². The molecule has 1 saturated carbocycles. The Bertz CT molecular complexity index is 361. The molecule has 0 aromatic heterocycles. The van der Waals surface area contributed by atoms with Crippen LogP contribution >= 0.6 is 0 Å². The fraction of sp³-hybridized carbons (Fsp3) is 0.538. The number of benzene rings is 1. The molecule has 2 rings (SSSR count). The van der Waals surface area contributed by atoms with Crippen LogP contribution in [0.15, 0.2) is 18.2 Å². The van der Waals surface area contributed by atoms with E-state index in [2.05, 4.69) is 12.2 Å². The van der Waals surface area contributed by atoms with Gasteiger partial charge in [0.05, 0.1) is 18.5 Å². The summed E-state index contributed by atoms with van der Waals surface area (Å²) in [6.45, 7) is 2.21. The summed E-state index contributed by atoms with van der Waals surface area (Å²) in [6.07, 6.45) is 4.01. The van der Waals surface area contributed by atoms with Crippen LogP contribution in [-0.2, 0) is 0 Å². The van der Waals surface area contributed by atoms with Gasteiger partial charge in [0.2, 0.25) is 0 Å². The van der Waals surface area contributed by atoms with Crippen molar-refractivity contribution in [1.82, 2.24) is 0 Å². The van der Waals surface area contributed by atoms with Gasteiger partial charge in [-0.05, 0) is 31.4 Å². The molecule has 1 fully saturated rings. The van der Waals surface area contributed by atoms with Crippen LogP contribution in [0.2, 0.25) is 0 Å². The second-order valence-electron chi connectivity index (χ2n) is 4.68. The fourth-order valence-electron chi connectivity index (χ4n) is 1.97. The highest BCUT2D eigenvalue weighted by molar-refractivity contribution is 5.68. The SMILES string of the molecule is COc1ccc(N)c(NC(C)CC2CC2)c1. The molecule has 1 aromatic carbocycles. The molecule has 1 aliphatic rings. The first-order valence-electron chi connectivity index (χ1n) is 5.89. The standard InChI is InChI=1S/C13H20N2O/c1-9(7-10-3-4-10)15-13-8-11(16-2)5-6-12(13)14/h5-6,8-10,15H,3-4,7,14H2,1-2H3. The summed E-state index contributed by atoms with van der Waals surface area (Å²) in [5.41, 5.74) is 7.68. The van der Waals surface area contributed by atoms with Crippen molar-refractivity contribution in [2.24, 2.45) is 5.92 Å². The number of hydrogen-bond donors (Lipinski definition) is 2. The fourth-order valence-corrected chi connectivity index (χ4v) is 1.97. The van der Waals surface area contributed by atoms with Crippen LogP contribution in [0, 0.1) is 5.92 Å². The third-order valence-electron chi connectivity index (χ3n) is 3.05. The van der Waals surface area contributed by atoms with Crippen molar-refractivity contribution in [1.29, 1.82) is 0 Å². The van der Waals surface area contributed by atoms with Gasteiger partial charge in [0.15, 0.2) is 0 Å². The quantitative estimate of drug-likeness (QED) is 0.750. The van der Waals surface area contributed by atoms with Crippen molar-refractivity contribution in [2.75, 3.05) is 18.2 Å². The Morgan fingerprint density at radius 1 is 1.50 bits per heavy atom. The molecule has 0 bridgehead atoms. The van der Waals surface area contributed by atoms with Gasteiger partial charge in [0.1, 0.15) is 5.75 Å². The van der Waals surface area contributed by atoms with E-state index in [0.29, 0.717) is 6.04 Å². The molecule has 3 N–H and O–H groups in total. The van der Waals surface area contributed by atoms with Crippen molar-refractivity contribution in [3.63, 3.8) is 0 Å². The van der Waals surface area contributed by atoms with Crippen molar-refractivity contribution < 1.29 is 4.74 Å². The molecule has 0 spiro atoms. The van der Waals surface area contributed by atoms with Crippen molar-refractivity contribution in [2.45, 2.75) is 32.2 Å². The Labute approximate surface area is 97.0 Å². The minimum Gasteiger partial charge on any atom is -0.497 e. The van der Waals surface area contributed by atoms with Crippen LogP contribution in [0.4, 0.5) is 11.4 Å². The van der Waals surface area contributed by atoms with E-state index in [1.165, 1.54) is 19.3 Å². The van der Waals surface area contributed by atoms with Gasteiger partial charge in [-0.2, -0.15) is 0 Å². The molecule has 1 aliphatic carbocycles. The van der Waals surface area contributed by atoms with Crippen LogP contribution in [0.3, 0.4) is 0 Å². The minimum absolute atomic E-state index is 0.474. The average Bonchev–Trinajstić information content (AvgIpc) is 3.05. The molecule has 16 heavy (non-hydrogen) atoms. The summed E-state index contributed by atoms with van der Waals surface area (Å²) < 4.78 is 5.19. The van der Waals surface area contributed by atoms with Gasteiger partial charge in [-0.3, -0.25) is 0 Å². The highest BCUT2D eigenvalue weighted by Crippen LogP contribution is 2.34. The maximum absolute atomic E-state index is 5.92. The molecule has 1 aromatic rings. The van der Waals surface area contributed by atoms with E-state index in [-0.39, 0.29) is 0 Å². The van der Waals surface area contributed by atoms with Gasteiger partial charge in [-0.25, -0.2) is 0 Å². The molecule has 3 heteroatoms. The molecule has 0 radical (unpaired) electrons. The third kappa shape index (κ3) is 2.81. The van der Waals surface area contributed by atoms with Crippen LogP contribution < -0.4 is 15.8 Å². The lowest BCUT2D eigenvalue weighted by molar-refractivity contribution is 0.415. The lowest BCUT2D eigenvalue weighted by Gasteiger charge is -2.17. The monoisotopic (exact) mass is 220 g/mol. The van der Waals surface area contributed by atoms with Gasteiger partial charge in [0, 0.05) is 12.1 Å². The lowest BCUT2D eigenvalue weighted by atomic mass is 10.1. The maximum Gasteiger partial charge on any atom is 0.121 e. The summed E-state index contributed by atoms with van der Waals surface area (Å²) in [6, 6.07) is 6.19. The molecule has 3 nitrogen and oxygen atoms in total. The summed E-state index contributed by atoms with van der Waals surface area (Å²) in [7, 11) is 1.67. The summed E-state index contributed by atoms with van der Waals surface area (Å²) in [5.74, 6) is 1.77. The number of nitrogens with one attached hydrogen (secondary N) is 1. The number of methoxy groups -OCH3 is 1. The topological polar surface area (TPSA) is 47.3 Å². The zero-order valence-corrected chi connectivity index (χ0v) is 9.99. The second-order valence-corrected chi connectivity index (χ2v) is 4.68. The summed E-state index contributed by atoms with van der Waals surface area (Å²) in [5, 5.41) is 3.45. The predicted molar refractivity (Wildman–Crippen MR) is 67.8 cm³/mol. The molecule has 1 unspecified atom stereocenters. The summed E-state index contributed by atoms with van der Waals surface area (Å²) >= 11 is 0. The Balaban J connectivity index is 2.00.